The second-order valence-electron chi connectivity index (χ2n) is 6.12. The molecule has 1 heterocycles. The van der Waals surface area contributed by atoms with E-state index in [4.69, 9.17) is 4.74 Å². The Hall–Kier alpha value is -3.75. The van der Waals surface area contributed by atoms with Crippen LogP contribution >= 0.6 is 0 Å². The van der Waals surface area contributed by atoms with E-state index >= 15 is 0 Å². The number of halogens is 1. The molecule has 0 saturated heterocycles. The van der Waals surface area contributed by atoms with E-state index < -0.39 is 28.7 Å². The summed E-state index contributed by atoms with van der Waals surface area (Å²) in [5.41, 5.74) is -1.29. The molecule has 0 atom stereocenters. The lowest BCUT2D eigenvalue weighted by atomic mass is 10.2. The van der Waals surface area contributed by atoms with Gasteiger partial charge in [0.2, 0.25) is 5.69 Å². The Morgan fingerprint density at radius 1 is 1.17 bits per heavy atom. The Morgan fingerprint density at radius 3 is 2.52 bits per heavy atom. The zero-order valence-corrected chi connectivity index (χ0v) is 15.9. The fraction of sp³-hybridized carbons (Fsp3) is 0.200. The quantitative estimate of drug-likeness (QED) is 0.676. The molecular formula is C20H19FN4O4. The van der Waals surface area contributed by atoms with Crippen LogP contribution in [0.4, 0.5) is 4.39 Å². The topological polar surface area (TPSA) is 95.2 Å². The molecule has 0 fully saturated rings. The van der Waals surface area contributed by atoms with Crippen molar-refractivity contribution in [3.05, 3.63) is 86.4 Å². The molecule has 3 aromatic rings. The smallest absolute Gasteiger partial charge is 0.352 e. The van der Waals surface area contributed by atoms with Gasteiger partial charge >= 0.3 is 5.69 Å². The van der Waals surface area contributed by atoms with Gasteiger partial charge in [-0.15, -0.1) is 0 Å². The highest BCUT2D eigenvalue weighted by molar-refractivity contribution is 5.91. The molecule has 1 amide bonds. The average Bonchev–Trinajstić information content (AvgIpc) is 2.71. The number of hydrogen-bond acceptors (Lipinski definition) is 5. The van der Waals surface area contributed by atoms with Crippen LogP contribution in [0.2, 0.25) is 0 Å². The number of carbonyl (C=O) groups is 1. The number of hydrogen-bond donors (Lipinski definition) is 1. The predicted octanol–water partition coefficient (Wildman–Crippen LogP) is 1.34. The van der Waals surface area contributed by atoms with Gasteiger partial charge in [-0.2, -0.15) is 9.78 Å². The standard InChI is InChI=1S/C20H19FN4O4/c1-3-22-18(26)17-19(27)24(12-13-5-4-6-14(21)11-13)20(28)25(23-17)15-7-9-16(29-2)10-8-15/h4-11H,3,12H2,1-2H3,(H,22,26). The number of nitrogens with zero attached hydrogens (tertiary/aromatic N) is 3. The van der Waals surface area contributed by atoms with Crippen LogP contribution in [-0.2, 0) is 6.54 Å². The summed E-state index contributed by atoms with van der Waals surface area (Å²) >= 11 is 0. The summed E-state index contributed by atoms with van der Waals surface area (Å²) in [5.74, 6) is -0.629. The van der Waals surface area contributed by atoms with Gasteiger partial charge in [-0.3, -0.25) is 14.2 Å². The number of amides is 1. The molecule has 0 spiro atoms. The van der Waals surface area contributed by atoms with Crippen molar-refractivity contribution in [1.82, 2.24) is 19.7 Å². The fourth-order valence-corrected chi connectivity index (χ4v) is 2.75. The van der Waals surface area contributed by atoms with Crippen molar-refractivity contribution in [3.8, 4) is 11.4 Å². The molecule has 0 bridgehead atoms. The summed E-state index contributed by atoms with van der Waals surface area (Å²) < 4.78 is 20.5. The maximum atomic E-state index is 13.5. The van der Waals surface area contributed by atoms with E-state index in [2.05, 4.69) is 10.4 Å². The second-order valence-corrected chi connectivity index (χ2v) is 6.12. The fourth-order valence-electron chi connectivity index (χ4n) is 2.75. The third-order valence-corrected chi connectivity index (χ3v) is 4.16. The number of rotatable bonds is 6. The van der Waals surface area contributed by atoms with Gasteiger partial charge in [0.25, 0.3) is 11.5 Å². The molecule has 3 rings (SSSR count). The molecular weight excluding hydrogens is 379 g/mol. The molecule has 0 aliphatic heterocycles. The maximum absolute atomic E-state index is 13.5. The molecule has 2 aromatic carbocycles. The van der Waals surface area contributed by atoms with Crippen molar-refractivity contribution in [2.45, 2.75) is 13.5 Å². The van der Waals surface area contributed by atoms with Crippen LogP contribution < -0.4 is 21.3 Å². The molecule has 29 heavy (non-hydrogen) atoms. The summed E-state index contributed by atoms with van der Waals surface area (Å²) in [6, 6.07) is 11.9. The number of benzene rings is 2. The molecule has 0 unspecified atom stereocenters. The van der Waals surface area contributed by atoms with Crippen molar-refractivity contribution < 1.29 is 13.9 Å². The van der Waals surface area contributed by atoms with Crippen molar-refractivity contribution >= 4 is 5.91 Å². The highest BCUT2D eigenvalue weighted by atomic mass is 19.1. The van der Waals surface area contributed by atoms with Crippen LogP contribution in [0.3, 0.4) is 0 Å². The van der Waals surface area contributed by atoms with Gasteiger partial charge in [0.15, 0.2) is 0 Å². The Bertz CT molecular complexity index is 1150. The van der Waals surface area contributed by atoms with Crippen LogP contribution in [0.25, 0.3) is 5.69 Å². The zero-order valence-electron chi connectivity index (χ0n) is 15.9. The molecule has 150 valence electrons. The highest BCUT2D eigenvalue weighted by Crippen LogP contribution is 2.13. The largest absolute Gasteiger partial charge is 0.497 e. The monoisotopic (exact) mass is 398 g/mol. The molecule has 1 aromatic heterocycles. The van der Waals surface area contributed by atoms with Gasteiger partial charge in [-0.25, -0.2) is 9.18 Å². The van der Waals surface area contributed by atoms with E-state index in [1.165, 1.54) is 25.3 Å². The number of nitrogens with one attached hydrogen (secondary N) is 1. The SMILES string of the molecule is CCNC(=O)c1nn(-c2ccc(OC)cc2)c(=O)n(Cc2cccc(F)c2)c1=O. The van der Waals surface area contributed by atoms with E-state index in [1.807, 2.05) is 0 Å². The lowest BCUT2D eigenvalue weighted by molar-refractivity contribution is 0.0946. The first-order valence-electron chi connectivity index (χ1n) is 8.85. The summed E-state index contributed by atoms with van der Waals surface area (Å²) in [7, 11) is 1.51. The Balaban J connectivity index is 2.19. The van der Waals surface area contributed by atoms with Crippen LogP contribution in [-0.4, -0.2) is 33.9 Å². The molecule has 8 nitrogen and oxygen atoms in total. The van der Waals surface area contributed by atoms with Crippen molar-refractivity contribution in [3.63, 3.8) is 0 Å². The second kappa shape index (κ2) is 8.51. The minimum atomic E-state index is -0.852. The lowest BCUT2D eigenvalue weighted by Crippen LogP contribution is -2.46. The summed E-state index contributed by atoms with van der Waals surface area (Å²) in [5, 5.41) is 6.49. The first-order chi connectivity index (χ1) is 13.9. The van der Waals surface area contributed by atoms with Gasteiger partial charge in [0.05, 0.1) is 19.3 Å². The van der Waals surface area contributed by atoms with Crippen LogP contribution in [0.1, 0.15) is 23.0 Å². The number of aromatic nitrogens is 3. The van der Waals surface area contributed by atoms with E-state index in [0.717, 1.165) is 9.25 Å². The number of ether oxygens (including phenoxy) is 1. The van der Waals surface area contributed by atoms with E-state index in [0.29, 0.717) is 17.0 Å². The van der Waals surface area contributed by atoms with Gasteiger partial charge in [0, 0.05) is 6.54 Å². The summed E-state index contributed by atoms with van der Waals surface area (Å²) in [6.45, 7) is 1.77. The Labute approximate surface area is 165 Å². The van der Waals surface area contributed by atoms with E-state index in [9.17, 15) is 18.8 Å². The van der Waals surface area contributed by atoms with E-state index in [1.54, 1.807) is 37.3 Å². The predicted molar refractivity (Wildman–Crippen MR) is 104 cm³/mol. The minimum absolute atomic E-state index is 0.208. The van der Waals surface area contributed by atoms with Crippen LogP contribution in [0.5, 0.6) is 5.75 Å². The summed E-state index contributed by atoms with van der Waals surface area (Å²) in [4.78, 5) is 38.1. The number of carbonyl (C=O) groups excluding carboxylic acids is 1. The molecule has 1 N–H and O–H groups in total. The van der Waals surface area contributed by atoms with Crippen molar-refractivity contribution in [1.29, 1.82) is 0 Å². The lowest BCUT2D eigenvalue weighted by Gasteiger charge is -2.12. The molecule has 0 radical (unpaired) electrons. The third-order valence-electron chi connectivity index (χ3n) is 4.16. The normalized spacial score (nSPS) is 10.6. The molecule has 9 heteroatoms. The van der Waals surface area contributed by atoms with Gasteiger partial charge < -0.3 is 10.1 Å². The Kier molecular flexibility index (Phi) is 5.87. The first-order valence-corrected chi connectivity index (χ1v) is 8.85. The van der Waals surface area contributed by atoms with Crippen molar-refractivity contribution in [2.75, 3.05) is 13.7 Å². The van der Waals surface area contributed by atoms with Gasteiger partial charge in [0.1, 0.15) is 11.6 Å². The highest BCUT2D eigenvalue weighted by Gasteiger charge is 2.20. The van der Waals surface area contributed by atoms with E-state index in [-0.39, 0.29) is 13.1 Å². The van der Waals surface area contributed by atoms with Crippen LogP contribution in [0, 0.1) is 5.82 Å². The Morgan fingerprint density at radius 2 is 1.90 bits per heavy atom. The zero-order chi connectivity index (χ0) is 21.0. The first kappa shape index (κ1) is 20.0. The summed E-state index contributed by atoms with van der Waals surface area (Å²) in [6.07, 6.45) is 0. The molecule has 0 aliphatic rings. The van der Waals surface area contributed by atoms with Crippen molar-refractivity contribution in [2.24, 2.45) is 0 Å². The average molecular weight is 398 g/mol. The van der Waals surface area contributed by atoms with Gasteiger partial charge in [-0.1, -0.05) is 12.1 Å². The third kappa shape index (κ3) is 4.23. The minimum Gasteiger partial charge on any atom is -0.497 e. The maximum Gasteiger partial charge on any atom is 0.352 e. The molecule has 0 saturated carbocycles. The number of methoxy groups -OCH3 is 1. The molecule has 0 aliphatic carbocycles. The van der Waals surface area contributed by atoms with Gasteiger partial charge in [-0.05, 0) is 48.9 Å². The van der Waals surface area contributed by atoms with Crippen LogP contribution in [0.15, 0.2) is 58.1 Å².